The molecule has 1 aliphatic rings. The molecule has 100 valence electrons. The number of likely N-dealkylation sites (tertiary alicyclic amines) is 1. The van der Waals surface area contributed by atoms with Crippen molar-refractivity contribution in [2.45, 2.75) is 18.2 Å². The highest BCUT2D eigenvalue weighted by Gasteiger charge is 2.18. The molecule has 2 heterocycles. The largest absolute Gasteiger partial charge is 0.359 e. The fourth-order valence-electron chi connectivity index (χ4n) is 2.45. The van der Waals surface area contributed by atoms with Crippen molar-refractivity contribution < 1.29 is 0 Å². The molecule has 3 nitrogen and oxygen atoms in total. The van der Waals surface area contributed by atoms with E-state index in [4.69, 9.17) is 0 Å². The van der Waals surface area contributed by atoms with Crippen LogP contribution in [0.25, 0.3) is 0 Å². The van der Waals surface area contributed by atoms with E-state index in [0.29, 0.717) is 0 Å². The number of nitrogens with zero attached hydrogens (tertiary/aromatic N) is 3. The summed E-state index contributed by atoms with van der Waals surface area (Å²) in [5, 5.41) is 0.874. The van der Waals surface area contributed by atoms with Gasteiger partial charge in [0.1, 0.15) is 5.82 Å². The average molecular weight is 312 g/mol. The van der Waals surface area contributed by atoms with E-state index >= 15 is 0 Å². The Morgan fingerprint density at radius 2 is 2.11 bits per heavy atom. The van der Waals surface area contributed by atoms with Gasteiger partial charge in [0.2, 0.25) is 0 Å². The van der Waals surface area contributed by atoms with E-state index in [1.807, 2.05) is 6.20 Å². The molecule has 0 aliphatic carbocycles. The van der Waals surface area contributed by atoms with E-state index in [0.717, 1.165) is 23.6 Å². The van der Waals surface area contributed by atoms with Crippen LogP contribution in [-0.4, -0.2) is 43.6 Å². The topological polar surface area (TPSA) is 19.4 Å². The molecular weight excluding hydrogens is 290 g/mol. The van der Waals surface area contributed by atoms with Crippen molar-refractivity contribution in [3.8, 4) is 0 Å². The number of hydrogen-bond acceptors (Lipinski definition) is 3. The van der Waals surface area contributed by atoms with Crippen LogP contribution >= 0.6 is 15.9 Å². The number of alkyl halides is 1. The number of hydrogen-bond donors (Lipinski definition) is 0. The van der Waals surface area contributed by atoms with Crippen molar-refractivity contribution >= 4 is 21.7 Å². The van der Waals surface area contributed by atoms with Gasteiger partial charge in [-0.3, -0.25) is 0 Å². The Bertz CT molecular complexity index is 358. The van der Waals surface area contributed by atoms with Crippen LogP contribution in [0.1, 0.15) is 18.4 Å². The van der Waals surface area contributed by atoms with E-state index in [1.54, 1.807) is 0 Å². The van der Waals surface area contributed by atoms with Crippen molar-refractivity contribution in [1.29, 1.82) is 0 Å². The summed E-state index contributed by atoms with van der Waals surface area (Å²) in [5.74, 6) is 1.89. The predicted octanol–water partition coefficient (Wildman–Crippen LogP) is 2.75. The first kappa shape index (κ1) is 13.8. The van der Waals surface area contributed by atoms with Crippen LogP contribution in [0.15, 0.2) is 18.3 Å². The fourth-order valence-corrected chi connectivity index (χ4v) is 2.78. The summed E-state index contributed by atoms with van der Waals surface area (Å²) in [7, 11) is 4.36. The number of pyridine rings is 1. The lowest BCUT2D eigenvalue weighted by molar-refractivity contribution is 0.222. The molecule has 1 saturated heterocycles. The van der Waals surface area contributed by atoms with Gasteiger partial charge in [-0.1, -0.05) is 22.0 Å². The summed E-state index contributed by atoms with van der Waals surface area (Å²) >= 11 is 3.45. The van der Waals surface area contributed by atoms with Crippen LogP contribution in [0.3, 0.4) is 0 Å². The molecule has 1 aromatic heterocycles. The van der Waals surface area contributed by atoms with E-state index in [2.05, 4.69) is 56.9 Å². The fraction of sp³-hybridized carbons (Fsp3) is 0.643. The minimum atomic E-state index is 0.809. The maximum Gasteiger partial charge on any atom is 0.128 e. The Kier molecular flexibility index (Phi) is 5.01. The van der Waals surface area contributed by atoms with Gasteiger partial charge in [-0.15, -0.1) is 0 Å². The molecular formula is C14H22BrN3. The molecule has 0 bridgehead atoms. The third-order valence-corrected chi connectivity index (χ3v) is 4.37. The highest BCUT2D eigenvalue weighted by Crippen LogP contribution is 2.19. The molecule has 0 N–H and O–H groups in total. The summed E-state index contributed by atoms with van der Waals surface area (Å²) in [4.78, 5) is 9.22. The maximum absolute atomic E-state index is 4.52. The number of aromatic nitrogens is 1. The summed E-state index contributed by atoms with van der Waals surface area (Å²) in [6.45, 7) is 3.58. The molecule has 1 aliphatic heterocycles. The van der Waals surface area contributed by atoms with Crippen molar-refractivity contribution in [3.63, 3.8) is 0 Å². The molecule has 1 aromatic rings. The Morgan fingerprint density at radius 3 is 2.67 bits per heavy atom. The van der Waals surface area contributed by atoms with Gasteiger partial charge in [0.25, 0.3) is 0 Å². The van der Waals surface area contributed by atoms with E-state index in [1.165, 1.54) is 31.5 Å². The monoisotopic (exact) mass is 311 g/mol. The average Bonchev–Trinajstić information content (AvgIpc) is 2.41. The summed E-state index contributed by atoms with van der Waals surface area (Å²) in [6.07, 6.45) is 4.57. The normalized spacial score (nSPS) is 17.9. The number of anilines is 1. The molecule has 0 atom stereocenters. The highest BCUT2D eigenvalue weighted by molar-refractivity contribution is 9.08. The molecule has 0 aromatic carbocycles. The van der Waals surface area contributed by atoms with E-state index < -0.39 is 0 Å². The van der Waals surface area contributed by atoms with Gasteiger partial charge in [-0.2, -0.15) is 0 Å². The number of halogens is 1. The third-order valence-electron chi connectivity index (χ3n) is 3.72. The van der Waals surface area contributed by atoms with Crippen LogP contribution in [-0.2, 0) is 5.33 Å². The molecule has 0 radical (unpaired) electrons. The van der Waals surface area contributed by atoms with Gasteiger partial charge in [-0.05, 0) is 50.5 Å². The Hall–Kier alpha value is -0.610. The van der Waals surface area contributed by atoms with Crippen LogP contribution in [0.4, 0.5) is 5.82 Å². The summed E-state index contributed by atoms with van der Waals surface area (Å²) < 4.78 is 0. The van der Waals surface area contributed by atoms with Crippen molar-refractivity contribution in [2.75, 3.05) is 38.6 Å². The summed E-state index contributed by atoms with van der Waals surface area (Å²) in [5.41, 5.74) is 1.23. The molecule has 2 rings (SSSR count). The van der Waals surface area contributed by atoms with Crippen LogP contribution in [0.2, 0.25) is 0 Å². The smallest absolute Gasteiger partial charge is 0.128 e. The van der Waals surface area contributed by atoms with Gasteiger partial charge in [0.05, 0.1) is 0 Å². The first-order valence-corrected chi connectivity index (χ1v) is 7.71. The molecule has 0 unspecified atom stereocenters. The summed E-state index contributed by atoms with van der Waals surface area (Å²) in [6, 6.07) is 4.26. The first-order valence-electron chi connectivity index (χ1n) is 6.59. The van der Waals surface area contributed by atoms with Gasteiger partial charge < -0.3 is 9.80 Å². The highest BCUT2D eigenvalue weighted by atomic mass is 79.9. The van der Waals surface area contributed by atoms with Crippen molar-refractivity contribution in [3.05, 3.63) is 23.9 Å². The third kappa shape index (κ3) is 3.69. The molecule has 0 saturated carbocycles. The van der Waals surface area contributed by atoms with Crippen molar-refractivity contribution in [1.82, 2.24) is 9.88 Å². The second-order valence-corrected chi connectivity index (χ2v) is 5.85. The molecule has 4 heteroatoms. The SMILES string of the molecule is CN1CCC(CN(C)c2ccc(CBr)cn2)CC1. The van der Waals surface area contributed by atoms with Gasteiger partial charge >= 0.3 is 0 Å². The minimum Gasteiger partial charge on any atom is -0.359 e. The second-order valence-electron chi connectivity index (χ2n) is 5.29. The van der Waals surface area contributed by atoms with E-state index in [9.17, 15) is 0 Å². The molecule has 0 spiro atoms. The standard InChI is InChI=1S/C14H22BrN3/c1-17-7-5-12(6-8-17)11-18(2)14-4-3-13(9-15)10-16-14/h3-4,10,12H,5-9,11H2,1-2H3. The zero-order valence-electron chi connectivity index (χ0n) is 11.3. The van der Waals surface area contributed by atoms with Crippen LogP contribution in [0.5, 0.6) is 0 Å². The molecule has 1 fully saturated rings. The maximum atomic E-state index is 4.52. The zero-order valence-corrected chi connectivity index (χ0v) is 12.9. The lowest BCUT2D eigenvalue weighted by Gasteiger charge is -2.32. The number of rotatable bonds is 4. The van der Waals surface area contributed by atoms with Crippen LogP contribution in [0, 0.1) is 5.92 Å². The van der Waals surface area contributed by atoms with Crippen LogP contribution < -0.4 is 4.90 Å². The van der Waals surface area contributed by atoms with Gasteiger partial charge in [0, 0.05) is 25.1 Å². The Balaban J connectivity index is 1.88. The van der Waals surface area contributed by atoms with E-state index in [-0.39, 0.29) is 0 Å². The zero-order chi connectivity index (χ0) is 13.0. The Morgan fingerprint density at radius 1 is 1.39 bits per heavy atom. The van der Waals surface area contributed by atoms with Gasteiger partial charge in [0.15, 0.2) is 0 Å². The second kappa shape index (κ2) is 6.53. The number of piperidine rings is 1. The lowest BCUT2D eigenvalue weighted by Crippen LogP contribution is -2.35. The molecule has 18 heavy (non-hydrogen) atoms. The minimum absolute atomic E-state index is 0.809. The Labute approximate surface area is 118 Å². The first-order chi connectivity index (χ1) is 8.69. The predicted molar refractivity (Wildman–Crippen MR) is 80.4 cm³/mol. The lowest BCUT2D eigenvalue weighted by atomic mass is 9.97. The van der Waals surface area contributed by atoms with Gasteiger partial charge in [-0.25, -0.2) is 4.98 Å². The van der Waals surface area contributed by atoms with Crippen molar-refractivity contribution in [2.24, 2.45) is 5.92 Å². The quantitative estimate of drug-likeness (QED) is 0.797. The molecule has 0 amide bonds.